The lowest BCUT2D eigenvalue weighted by Crippen LogP contribution is -2.40. The van der Waals surface area contributed by atoms with Crippen molar-refractivity contribution < 1.29 is 19.4 Å². The minimum atomic E-state index is -0.265. The van der Waals surface area contributed by atoms with Gasteiger partial charge in [-0.1, -0.05) is 54.9 Å². The van der Waals surface area contributed by atoms with Gasteiger partial charge in [0, 0.05) is 16.2 Å². The second-order valence-electron chi connectivity index (χ2n) is 14.6. The van der Waals surface area contributed by atoms with Crippen LogP contribution in [0.2, 0.25) is 0 Å². The summed E-state index contributed by atoms with van der Waals surface area (Å²) in [5.74, 6) is 1.36. The van der Waals surface area contributed by atoms with Crippen LogP contribution in [-0.4, -0.2) is 29.9 Å². The minimum absolute atomic E-state index is 0.0510. The summed E-state index contributed by atoms with van der Waals surface area (Å²) in [5, 5.41) is 10.4. The fourth-order valence-electron chi connectivity index (χ4n) is 9.55. The number of methoxy groups -OCH3 is 1. The summed E-state index contributed by atoms with van der Waals surface area (Å²) >= 11 is 0. The normalized spacial score (nSPS) is 36.8. The number of aliphatic hydroxyl groups excluding tert-OH is 1. The maximum absolute atomic E-state index is 12.3. The number of rotatable bonds is 1. The first-order valence-electron chi connectivity index (χ1n) is 16.1. The molecule has 0 saturated heterocycles. The van der Waals surface area contributed by atoms with Gasteiger partial charge in [0.25, 0.3) is 0 Å². The molecule has 0 spiro atoms. The molecule has 0 radical (unpaired) electrons. The van der Waals surface area contributed by atoms with Gasteiger partial charge in [-0.05, 0) is 130 Å². The van der Waals surface area contributed by atoms with Gasteiger partial charge < -0.3 is 9.84 Å². The summed E-state index contributed by atoms with van der Waals surface area (Å²) in [6.45, 7) is 8.95. The van der Waals surface area contributed by atoms with E-state index in [1.807, 2.05) is 6.08 Å². The van der Waals surface area contributed by atoms with Crippen molar-refractivity contribution in [2.45, 2.75) is 97.0 Å². The second kappa shape index (κ2) is 9.63. The van der Waals surface area contributed by atoms with Crippen molar-refractivity contribution in [3.05, 3.63) is 99.2 Å². The Balaban J connectivity index is 0.000000140. The van der Waals surface area contributed by atoms with E-state index in [1.54, 1.807) is 19.3 Å². The van der Waals surface area contributed by atoms with Crippen molar-refractivity contribution >= 4 is 11.6 Å². The Morgan fingerprint density at radius 1 is 0.860 bits per heavy atom. The van der Waals surface area contributed by atoms with E-state index in [0.29, 0.717) is 0 Å². The van der Waals surface area contributed by atoms with Crippen molar-refractivity contribution in [2.24, 2.45) is 16.2 Å². The van der Waals surface area contributed by atoms with E-state index in [0.717, 1.165) is 63.5 Å². The van der Waals surface area contributed by atoms with Crippen LogP contribution in [0.3, 0.4) is 0 Å². The topological polar surface area (TPSA) is 63.6 Å². The molecule has 0 unspecified atom stereocenters. The van der Waals surface area contributed by atoms with Crippen molar-refractivity contribution in [1.29, 1.82) is 0 Å². The van der Waals surface area contributed by atoms with Crippen molar-refractivity contribution in [3.63, 3.8) is 0 Å². The van der Waals surface area contributed by atoms with Gasteiger partial charge in [0.05, 0.1) is 18.6 Å². The van der Waals surface area contributed by atoms with E-state index in [9.17, 15) is 14.7 Å². The van der Waals surface area contributed by atoms with Crippen LogP contribution in [-0.2, 0) is 21.4 Å². The molecule has 7 aliphatic rings. The number of carbonyl (C=O) groups is 2. The van der Waals surface area contributed by atoms with Crippen molar-refractivity contribution in [3.8, 4) is 5.75 Å². The highest BCUT2D eigenvalue weighted by Crippen LogP contribution is 2.60. The number of carbonyl (C=O) groups excluding carboxylic acids is 2. The van der Waals surface area contributed by atoms with Gasteiger partial charge in [0.2, 0.25) is 0 Å². The van der Waals surface area contributed by atoms with Crippen LogP contribution in [0.1, 0.15) is 90.2 Å². The Bertz CT molecular complexity index is 1640. The van der Waals surface area contributed by atoms with E-state index in [4.69, 9.17) is 4.74 Å². The summed E-state index contributed by atoms with van der Waals surface area (Å²) in [5.41, 5.74) is 10.9. The number of aliphatic hydroxyl groups is 1. The summed E-state index contributed by atoms with van der Waals surface area (Å²) < 4.78 is 5.38. The molecule has 0 fully saturated rings. The predicted octanol–water partition coefficient (Wildman–Crippen LogP) is 7.77. The zero-order valence-corrected chi connectivity index (χ0v) is 26.3. The van der Waals surface area contributed by atoms with Gasteiger partial charge in [-0.2, -0.15) is 0 Å². The van der Waals surface area contributed by atoms with E-state index < -0.39 is 0 Å². The summed E-state index contributed by atoms with van der Waals surface area (Å²) in [6.07, 6.45) is 20.5. The van der Waals surface area contributed by atoms with Gasteiger partial charge in [0.15, 0.2) is 11.6 Å². The van der Waals surface area contributed by atoms with Gasteiger partial charge in [0.1, 0.15) is 5.75 Å². The van der Waals surface area contributed by atoms with Crippen molar-refractivity contribution in [1.82, 2.24) is 0 Å². The largest absolute Gasteiger partial charge is 0.497 e. The molecular weight excluding hydrogens is 532 g/mol. The summed E-state index contributed by atoms with van der Waals surface area (Å²) in [4.78, 5) is 24.0. The predicted molar refractivity (Wildman–Crippen MR) is 170 cm³/mol. The van der Waals surface area contributed by atoms with Gasteiger partial charge >= 0.3 is 0 Å². The Labute approximate surface area is 256 Å². The number of aryl methyl sites for hydroxylation is 1. The van der Waals surface area contributed by atoms with Gasteiger partial charge in [-0.25, -0.2) is 0 Å². The molecule has 224 valence electrons. The number of hydrogen-bond acceptors (Lipinski definition) is 4. The van der Waals surface area contributed by atoms with E-state index in [1.165, 1.54) is 44.6 Å². The highest BCUT2D eigenvalue weighted by Gasteiger charge is 2.51. The van der Waals surface area contributed by atoms with Crippen LogP contribution >= 0.6 is 0 Å². The molecule has 8 rings (SSSR count). The lowest BCUT2D eigenvalue weighted by atomic mass is 9.56. The monoisotopic (exact) mass is 576 g/mol. The highest BCUT2D eigenvalue weighted by atomic mass is 16.5. The van der Waals surface area contributed by atoms with Crippen LogP contribution in [0.5, 0.6) is 5.75 Å². The number of hydrogen-bond donors (Lipinski definition) is 1. The molecule has 1 N–H and O–H groups in total. The fraction of sp³-hybridized carbons (Fsp3) is 0.487. The third-order valence-electron chi connectivity index (χ3n) is 12.5. The standard InChI is InChI=1S/C20H22O2.C19H22O2/c1-19-10-11-20(2)17(8-9-18(20)21)16(19)6-4-13-12-14(22-3)5-7-15(13)19;1-18-9-7-13(20)11-12(18)3-4-14-15-5-6-17(21)19(15,2)10-8-16(14)18/h5,7-9,12H,4,6,10-11H2,1-3H3;5,7,9,11,17,21H,3-4,6,8,10H2,1-2H3/t19-,20-;17-,18-,19-/m00/s1. The second-order valence-corrected chi connectivity index (χ2v) is 14.6. The first kappa shape index (κ1) is 28.5. The molecule has 5 atom stereocenters. The van der Waals surface area contributed by atoms with E-state index in [-0.39, 0.29) is 39.3 Å². The van der Waals surface area contributed by atoms with Crippen LogP contribution in [0.4, 0.5) is 0 Å². The highest BCUT2D eigenvalue weighted by molar-refractivity contribution is 6.02. The van der Waals surface area contributed by atoms with E-state index >= 15 is 0 Å². The van der Waals surface area contributed by atoms with Gasteiger partial charge in [-0.3, -0.25) is 9.59 Å². The average Bonchev–Trinajstić information content (AvgIpc) is 3.47. The summed E-state index contributed by atoms with van der Waals surface area (Å²) in [6, 6.07) is 6.49. The molecule has 1 aromatic carbocycles. The molecule has 0 saturated carbocycles. The van der Waals surface area contributed by atoms with Crippen LogP contribution < -0.4 is 4.74 Å². The fourth-order valence-corrected chi connectivity index (χ4v) is 9.55. The molecule has 0 aliphatic heterocycles. The molecular formula is C39H44O4. The maximum Gasteiger partial charge on any atom is 0.178 e. The molecule has 43 heavy (non-hydrogen) atoms. The molecule has 0 amide bonds. The number of benzene rings is 1. The summed E-state index contributed by atoms with van der Waals surface area (Å²) in [7, 11) is 1.72. The Morgan fingerprint density at radius 3 is 2.44 bits per heavy atom. The third-order valence-corrected chi connectivity index (χ3v) is 12.5. The first-order valence-corrected chi connectivity index (χ1v) is 16.1. The van der Waals surface area contributed by atoms with Gasteiger partial charge in [-0.15, -0.1) is 0 Å². The Hall–Kier alpha value is -3.24. The number of ether oxygens (including phenoxy) is 1. The average molecular weight is 577 g/mol. The van der Waals surface area contributed by atoms with Crippen LogP contribution in [0, 0.1) is 16.2 Å². The van der Waals surface area contributed by atoms with E-state index in [2.05, 4.69) is 64.1 Å². The lowest BCUT2D eigenvalue weighted by Gasteiger charge is -2.47. The maximum atomic E-state index is 12.3. The number of allylic oxidation sites excluding steroid dienone is 10. The Morgan fingerprint density at radius 2 is 1.65 bits per heavy atom. The molecule has 4 heteroatoms. The SMILES string of the molecule is COc1ccc2c(c1)CCC1=C3C=CC(=O)[C@@]3(C)CC[C@]12C.C[C@]12C=CC(=O)C=C1CCC1=C2CC[C@@]2(C)C1=CC[C@@H]2O. The zero-order chi connectivity index (χ0) is 30.4. The van der Waals surface area contributed by atoms with Crippen LogP contribution in [0.15, 0.2) is 88.1 Å². The third kappa shape index (κ3) is 3.98. The number of fused-ring (bicyclic) bond motifs is 8. The lowest BCUT2D eigenvalue weighted by molar-refractivity contribution is -0.121. The molecule has 0 heterocycles. The molecule has 0 aromatic heterocycles. The molecule has 0 bridgehead atoms. The Kier molecular flexibility index (Phi) is 6.39. The van der Waals surface area contributed by atoms with Crippen molar-refractivity contribution in [2.75, 3.05) is 7.11 Å². The van der Waals surface area contributed by atoms with Crippen LogP contribution in [0.25, 0.3) is 0 Å². The molecule has 7 aliphatic carbocycles. The zero-order valence-electron chi connectivity index (χ0n) is 26.3. The number of ketones is 2. The smallest absolute Gasteiger partial charge is 0.178 e. The molecule has 4 nitrogen and oxygen atoms in total. The first-order chi connectivity index (χ1) is 20.4. The quantitative estimate of drug-likeness (QED) is 0.371. The minimum Gasteiger partial charge on any atom is -0.497 e. The molecule has 1 aromatic rings.